The molecule has 7 heteroatoms. The second kappa shape index (κ2) is 9.87. The zero-order chi connectivity index (χ0) is 19.8. The molecule has 5 N–H and O–H groups in total. The minimum Gasteiger partial charge on any atom is -0.376 e. The Hall–Kier alpha value is -2.90. The molecular formula is C21H26N4O3. The van der Waals surface area contributed by atoms with Crippen LogP contribution in [0.15, 0.2) is 54.6 Å². The predicted octanol–water partition coefficient (Wildman–Crippen LogP) is 2.50. The van der Waals surface area contributed by atoms with Gasteiger partial charge >= 0.3 is 6.03 Å². The highest BCUT2D eigenvalue weighted by molar-refractivity contribution is 5.95. The lowest BCUT2D eigenvalue weighted by molar-refractivity contribution is -0.117. The third-order valence-electron chi connectivity index (χ3n) is 4.56. The number of amides is 3. The summed E-state index contributed by atoms with van der Waals surface area (Å²) in [5, 5.41) is 8.35. The SMILES string of the molecule is N[C@@H](Cc1ccccc1)C(=O)Nc1ccc(NC(=O)NCC2CCCO2)cc1. The first-order valence-electron chi connectivity index (χ1n) is 9.47. The van der Waals surface area contributed by atoms with Crippen molar-refractivity contribution in [3.05, 3.63) is 60.2 Å². The number of hydrogen-bond donors (Lipinski definition) is 4. The molecule has 2 aromatic carbocycles. The molecule has 0 spiro atoms. The van der Waals surface area contributed by atoms with Crippen LogP contribution in [0.3, 0.4) is 0 Å². The van der Waals surface area contributed by atoms with Gasteiger partial charge in [0.25, 0.3) is 0 Å². The van der Waals surface area contributed by atoms with Crippen molar-refractivity contribution in [2.45, 2.75) is 31.4 Å². The van der Waals surface area contributed by atoms with Crippen LogP contribution < -0.4 is 21.7 Å². The summed E-state index contributed by atoms with van der Waals surface area (Å²) in [6.07, 6.45) is 2.58. The van der Waals surface area contributed by atoms with Crippen LogP contribution in [-0.4, -0.2) is 37.2 Å². The Kier molecular flexibility index (Phi) is 7.00. The van der Waals surface area contributed by atoms with Gasteiger partial charge in [0.2, 0.25) is 5.91 Å². The van der Waals surface area contributed by atoms with Crippen molar-refractivity contribution in [3.63, 3.8) is 0 Å². The molecule has 7 nitrogen and oxygen atoms in total. The van der Waals surface area contributed by atoms with E-state index in [1.54, 1.807) is 24.3 Å². The van der Waals surface area contributed by atoms with E-state index in [-0.39, 0.29) is 18.0 Å². The van der Waals surface area contributed by atoms with Crippen molar-refractivity contribution in [3.8, 4) is 0 Å². The minimum atomic E-state index is -0.635. The summed E-state index contributed by atoms with van der Waals surface area (Å²) < 4.78 is 5.47. The van der Waals surface area contributed by atoms with E-state index in [1.165, 1.54) is 0 Å². The van der Waals surface area contributed by atoms with Crippen molar-refractivity contribution < 1.29 is 14.3 Å². The molecule has 0 radical (unpaired) electrons. The fourth-order valence-corrected chi connectivity index (χ4v) is 3.02. The van der Waals surface area contributed by atoms with Crippen molar-refractivity contribution in [2.24, 2.45) is 5.73 Å². The number of benzene rings is 2. The molecule has 0 aliphatic carbocycles. The van der Waals surface area contributed by atoms with Gasteiger partial charge in [0.1, 0.15) is 0 Å². The summed E-state index contributed by atoms with van der Waals surface area (Å²) in [7, 11) is 0. The molecule has 0 aromatic heterocycles. The molecule has 148 valence electrons. The fraction of sp³-hybridized carbons (Fsp3) is 0.333. The number of carbonyl (C=O) groups is 2. The van der Waals surface area contributed by atoms with Crippen LogP contribution in [0.25, 0.3) is 0 Å². The lowest BCUT2D eigenvalue weighted by Gasteiger charge is -2.14. The first-order valence-corrected chi connectivity index (χ1v) is 9.47. The molecule has 3 amide bonds. The Morgan fingerprint density at radius 3 is 2.36 bits per heavy atom. The normalized spacial score (nSPS) is 17.0. The molecule has 28 heavy (non-hydrogen) atoms. The molecule has 3 rings (SSSR count). The first-order chi connectivity index (χ1) is 13.6. The molecule has 0 bridgehead atoms. The highest BCUT2D eigenvalue weighted by atomic mass is 16.5. The van der Waals surface area contributed by atoms with Gasteiger partial charge in [-0.05, 0) is 49.1 Å². The highest BCUT2D eigenvalue weighted by Crippen LogP contribution is 2.15. The molecule has 2 atom stereocenters. The topological polar surface area (TPSA) is 105 Å². The Bertz CT molecular complexity index is 774. The largest absolute Gasteiger partial charge is 0.376 e. The summed E-state index contributed by atoms with van der Waals surface area (Å²) in [6.45, 7) is 1.26. The van der Waals surface area contributed by atoms with Gasteiger partial charge in [0.05, 0.1) is 12.1 Å². The summed E-state index contributed by atoms with van der Waals surface area (Å²) in [5.74, 6) is -0.251. The molecule has 1 aliphatic rings. The van der Waals surface area contributed by atoms with Gasteiger partial charge in [-0.3, -0.25) is 4.79 Å². The number of nitrogens with one attached hydrogen (secondary N) is 3. The number of carbonyl (C=O) groups excluding carboxylic acids is 2. The predicted molar refractivity (Wildman–Crippen MR) is 109 cm³/mol. The maximum Gasteiger partial charge on any atom is 0.319 e. The molecule has 2 aromatic rings. The maximum absolute atomic E-state index is 12.3. The van der Waals surface area contributed by atoms with Crippen molar-refractivity contribution >= 4 is 23.3 Å². The van der Waals surface area contributed by atoms with E-state index in [4.69, 9.17) is 10.5 Å². The third kappa shape index (κ3) is 6.07. The molecule has 1 aliphatic heterocycles. The molecule has 1 unspecified atom stereocenters. The number of hydrogen-bond acceptors (Lipinski definition) is 4. The van der Waals surface area contributed by atoms with E-state index in [1.807, 2.05) is 30.3 Å². The van der Waals surface area contributed by atoms with Crippen molar-refractivity contribution in [2.75, 3.05) is 23.8 Å². The zero-order valence-electron chi connectivity index (χ0n) is 15.7. The lowest BCUT2D eigenvalue weighted by Crippen LogP contribution is -2.37. The van der Waals surface area contributed by atoms with E-state index in [0.717, 1.165) is 25.0 Å². The van der Waals surface area contributed by atoms with E-state index < -0.39 is 6.04 Å². The van der Waals surface area contributed by atoms with Gasteiger partial charge in [-0.25, -0.2) is 4.79 Å². The highest BCUT2D eigenvalue weighted by Gasteiger charge is 2.16. The average Bonchev–Trinajstić information content (AvgIpc) is 3.22. The van der Waals surface area contributed by atoms with E-state index in [9.17, 15) is 9.59 Å². The van der Waals surface area contributed by atoms with Gasteiger partial charge in [-0.2, -0.15) is 0 Å². The maximum atomic E-state index is 12.3. The van der Waals surface area contributed by atoms with Crippen LogP contribution in [-0.2, 0) is 16.0 Å². The van der Waals surface area contributed by atoms with Gasteiger partial charge in [0.15, 0.2) is 0 Å². The second-order valence-electron chi connectivity index (χ2n) is 6.83. The van der Waals surface area contributed by atoms with Crippen LogP contribution in [0.5, 0.6) is 0 Å². The Labute approximate surface area is 164 Å². The molecule has 0 saturated carbocycles. The molecular weight excluding hydrogens is 356 g/mol. The number of nitrogens with two attached hydrogens (primary N) is 1. The average molecular weight is 382 g/mol. The van der Waals surface area contributed by atoms with Gasteiger partial charge in [-0.15, -0.1) is 0 Å². The first kappa shape index (κ1) is 19.9. The Morgan fingerprint density at radius 2 is 1.71 bits per heavy atom. The monoisotopic (exact) mass is 382 g/mol. The number of ether oxygens (including phenoxy) is 1. The second-order valence-corrected chi connectivity index (χ2v) is 6.83. The van der Waals surface area contributed by atoms with E-state index in [2.05, 4.69) is 16.0 Å². The molecule has 1 fully saturated rings. The summed E-state index contributed by atoms with van der Waals surface area (Å²) in [5.41, 5.74) is 8.26. The number of urea groups is 1. The Morgan fingerprint density at radius 1 is 1.04 bits per heavy atom. The molecule has 1 heterocycles. The van der Waals surface area contributed by atoms with Crippen LogP contribution >= 0.6 is 0 Å². The fourth-order valence-electron chi connectivity index (χ4n) is 3.02. The van der Waals surface area contributed by atoms with Crippen LogP contribution in [0, 0.1) is 0 Å². The summed E-state index contributed by atoms with van der Waals surface area (Å²) in [6, 6.07) is 15.6. The lowest BCUT2D eigenvalue weighted by atomic mass is 10.1. The van der Waals surface area contributed by atoms with E-state index >= 15 is 0 Å². The summed E-state index contributed by atoms with van der Waals surface area (Å²) >= 11 is 0. The van der Waals surface area contributed by atoms with Gasteiger partial charge in [-0.1, -0.05) is 30.3 Å². The Balaban J connectivity index is 1.44. The summed E-state index contributed by atoms with van der Waals surface area (Å²) in [4.78, 5) is 24.2. The minimum absolute atomic E-state index is 0.100. The number of anilines is 2. The van der Waals surface area contributed by atoms with Crippen LogP contribution in [0.2, 0.25) is 0 Å². The standard InChI is InChI=1S/C21H26N4O3/c22-19(13-15-5-2-1-3-6-15)20(26)24-16-8-10-17(11-9-16)25-21(27)23-14-18-7-4-12-28-18/h1-3,5-6,8-11,18-19H,4,7,12-14,22H2,(H,24,26)(H2,23,25,27)/t18?,19-/m0/s1. The zero-order valence-corrected chi connectivity index (χ0v) is 15.7. The van der Waals surface area contributed by atoms with Crippen molar-refractivity contribution in [1.82, 2.24) is 5.32 Å². The van der Waals surface area contributed by atoms with Crippen LogP contribution in [0.4, 0.5) is 16.2 Å². The van der Waals surface area contributed by atoms with Gasteiger partial charge < -0.3 is 26.4 Å². The van der Waals surface area contributed by atoms with E-state index in [0.29, 0.717) is 24.3 Å². The molecule has 1 saturated heterocycles. The number of rotatable bonds is 7. The third-order valence-corrected chi connectivity index (χ3v) is 4.56. The van der Waals surface area contributed by atoms with Crippen LogP contribution in [0.1, 0.15) is 18.4 Å². The van der Waals surface area contributed by atoms with Gasteiger partial charge in [0, 0.05) is 24.5 Å². The smallest absolute Gasteiger partial charge is 0.319 e. The quantitative estimate of drug-likeness (QED) is 0.590. The van der Waals surface area contributed by atoms with Crippen molar-refractivity contribution in [1.29, 1.82) is 0 Å².